The van der Waals surface area contributed by atoms with Crippen molar-refractivity contribution in [3.05, 3.63) is 76.9 Å². The summed E-state index contributed by atoms with van der Waals surface area (Å²) in [4.78, 5) is 16.0. The Hall–Kier alpha value is -2.80. The van der Waals surface area contributed by atoms with E-state index in [0.29, 0.717) is 18.7 Å². The lowest BCUT2D eigenvalue weighted by molar-refractivity contribution is 0.175. The second-order valence-corrected chi connectivity index (χ2v) is 9.07. The van der Waals surface area contributed by atoms with E-state index in [4.69, 9.17) is 0 Å². The molecule has 1 heterocycles. The number of anilines is 1. The molecule has 0 radical (unpaired) electrons. The van der Waals surface area contributed by atoms with Crippen molar-refractivity contribution in [1.82, 2.24) is 4.90 Å². The van der Waals surface area contributed by atoms with Crippen LogP contribution in [0.3, 0.4) is 0 Å². The van der Waals surface area contributed by atoms with Crippen molar-refractivity contribution in [3.8, 4) is 10.4 Å². The summed E-state index contributed by atoms with van der Waals surface area (Å²) in [5.74, 6) is -3.28. The SMILES string of the molecule is O=C(Nc1c(F)cc(F)cc1F)N(Cc1ccc(-c2cccs2)cc1)C1CCCCCC1. The van der Waals surface area contributed by atoms with Gasteiger partial charge in [0.25, 0.3) is 0 Å². The van der Waals surface area contributed by atoms with Gasteiger partial charge in [0.2, 0.25) is 0 Å². The molecule has 0 aliphatic heterocycles. The molecule has 1 fully saturated rings. The summed E-state index contributed by atoms with van der Waals surface area (Å²) in [5.41, 5.74) is 1.41. The second kappa shape index (κ2) is 10.2. The minimum Gasteiger partial charge on any atom is -0.317 e. The number of rotatable bonds is 5. The molecule has 4 rings (SSSR count). The minimum absolute atomic E-state index is 0.0268. The largest absolute Gasteiger partial charge is 0.322 e. The molecular weight excluding hydrogens is 433 g/mol. The molecule has 1 saturated carbocycles. The van der Waals surface area contributed by atoms with E-state index in [0.717, 1.165) is 54.5 Å². The van der Waals surface area contributed by atoms with Crippen molar-refractivity contribution in [2.45, 2.75) is 51.1 Å². The van der Waals surface area contributed by atoms with Crippen LogP contribution in [0.2, 0.25) is 0 Å². The molecule has 7 heteroatoms. The highest BCUT2D eigenvalue weighted by atomic mass is 32.1. The van der Waals surface area contributed by atoms with Gasteiger partial charge in [0.05, 0.1) is 0 Å². The third-order valence-electron chi connectivity index (χ3n) is 5.88. The van der Waals surface area contributed by atoms with E-state index in [9.17, 15) is 18.0 Å². The fraction of sp³-hybridized carbons (Fsp3) is 0.320. The summed E-state index contributed by atoms with van der Waals surface area (Å²) in [7, 11) is 0. The van der Waals surface area contributed by atoms with E-state index in [1.165, 1.54) is 0 Å². The molecule has 2 aromatic carbocycles. The predicted molar refractivity (Wildman–Crippen MR) is 122 cm³/mol. The third kappa shape index (κ3) is 5.33. The highest BCUT2D eigenvalue weighted by molar-refractivity contribution is 7.13. The van der Waals surface area contributed by atoms with E-state index in [1.54, 1.807) is 16.2 Å². The van der Waals surface area contributed by atoms with Gasteiger partial charge in [0.15, 0.2) is 11.6 Å². The highest BCUT2D eigenvalue weighted by Crippen LogP contribution is 2.28. The Labute approximate surface area is 189 Å². The number of hydrogen-bond acceptors (Lipinski definition) is 2. The summed E-state index contributed by atoms with van der Waals surface area (Å²) in [6, 6.07) is 12.6. The van der Waals surface area contributed by atoms with Crippen molar-refractivity contribution >= 4 is 23.1 Å². The summed E-state index contributed by atoms with van der Waals surface area (Å²) >= 11 is 1.66. The Bertz CT molecular complexity index is 1020. The summed E-state index contributed by atoms with van der Waals surface area (Å²) < 4.78 is 41.5. The number of amides is 2. The van der Waals surface area contributed by atoms with E-state index in [2.05, 4.69) is 11.4 Å². The fourth-order valence-corrected chi connectivity index (χ4v) is 4.92. The zero-order chi connectivity index (χ0) is 22.5. The standard InChI is InChI=1S/C25H25F3N2OS/c26-19-14-21(27)24(22(28)15-19)29-25(31)30(20-6-3-1-2-4-7-20)16-17-9-11-18(12-10-17)23-8-5-13-32-23/h5,8-15,20H,1-4,6-7,16H2,(H,29,31). The van der Waals surface area contributed by atoms with Crippen LogP contribution in [-0.2, 0) is 6.54 Å². The van der Waals surface area contributed by atoms with Crippen molar-refractivity contribution in [3.63, 3.8) is 0 Å². The van der Waals surface area contributed by atoms with Gasteiger partial charge >= 0.3 is 6.03 Å². The van der Waals surface area contributed by atoms with Crippen molar-refractivity contribution in [1.29, 1.82) is 0 Å². The molecule has 0 unspecified atom stereocenters. The molecule has 32 heavy (non-hydrogen) atoms. The van der Waals surface area contributed by atoms with Crippen molar-refractivity contribution < 1.29 is 18.0 Å². The molecule has 3 nitrogen and oxygen atoms in total. The zero-order valence-corrected chi connectivity index (χ0v) is 18.4. The molecular formula is C25H25F3N2OS. The fourth-order valence-electron chi connectivity index (χ4n) is 4.19. The smallest absolute Gasteiger partial charge is 0.317 e. The number of carbonyl (C=O) groups is 1. The summed E-state index contributed by atoms with van der Waals surface area (Å²) in [6.07, 6.45) is 5.92. The monoisotopic (exact) mass is 458 g/mol. The number of nitrogens with zero attached hydrogens (tertiary/aromatic N) is 1. The van der Waals surface area contributed by atoms with Crippen molar-refractivity contribution in [2.24, 2.45) is 0 Å². The van der Waals surface area contributed by atoms with Gasteiger partial charge in [-0.05, 0) is 35.4 Å². The lowest BCUT2D eigenvalue weighted by atomic mass is 10.1. The first kappa shape index (κ1) is 22.4. The summed E-state index contributed by atoms with van der Waals surface area (Å²) in [6.45, 7) is 0.325. The van der Waals surface area contributed by atoms with Crippen LogP contribution < -0.4 is 5.32 Å². The Morgan fingerprint density at radius 2 is 1.62 bits per heavy atom. The van der Waals surface area contributed by atoms with Crippen LogP contribution in [-0.4, -0.2) is 17.0 Å². The molecule has 3 aromatic rings. The molecule has 1 aliphatic carbocycles. The second-order valence-electron chi connectivity index (χ2n) is 8.12. The summed E-state index contributed by atoms with van der Waals surface area (Å²) in [5, 5.41) is 4.37. The van der Waals surface area contributed by atoms with Crippen LogP contribution in [0.4, 0.5) is 23.7 Å². The number of hydrogen-bond donors (Lipinski definition) is 1. The van der Waals surface area contributed by atoms with Gasteiger partial charge in [-0.25, -0.2) is 18.0 Å². The topological polar surface area (TPSA) is 32.3 Å². The van der Waals surface area contributed by atoms with E-state index in [-0.39, 0.29) is 6.04 Å². The maximum absolute atomic E-state index is 14.1. The van der Waals surface area contributed by atoms with Gasteiger partial charge in [0, 0.05) is 29.6 Å². The average molecular weight is 459 g/mol. The minimum atomic E-state index is -1.13. The van der Waals surface area contributed by atoms with E-state index >= 15 is 0 Å². The van der Waals surface area contributed by atoms with Gasteiger partial charge in [-0.1, -0.05) is 56.0 Å². The lowest BCUT2D eigenvalue weighted by Crippen LogP contribution is -2.42. The lowest BCUT2D eigenvalue weighted by Gasteiger charge is -2.31. The molecule has 168 valence electrons. The van der Waals surface area contributed by atoms with Crippen LogP contribution in [0.25, 0.3) is 10.4 Å². The maximum atomic E-state index is 14.1. The number of thiophene rings is 1. The third-order valence-corrected chi connectivity index (χ3v) is 6.80. The van der Waals surface area contributed by atoms with Gasteiger partial charge in [-0.2, -0.15) is 0 Å². The Kier molecular flexibility index (Phi) is 7.15. The first-order chi connectivity index (χ1) is 15.5. The number of benzene rings is 2. The number of carbonyl (C=O) groups excluding carboxylic acids is 1. The predicted octanol–water partition coefficient (Wildman–Crippen LogP) is 7.59. The van der Waals surface area contributed by atoms with Crippen LogP contribution in [0.5, 0.6) is 0 Å². The van der Waals surface area contributed by atoms with Crippen molar-refractivity contribution in [2.75, 3.05) is 5.32 Å². The van der Waals surface area contributed by atoms with Gasteiger partial charge < -0.3 is 10.2 Å². The van der Waals surface area contributed by atoms with Gasteiger partial charge in [-0.3, -0.25) is 0 Å². The Morgan fingerprint density at radius 1 is 0.969 bits per heavy atom. The molecule has 2 amide bonds. The van der Waals surface area contributed by atoms with Crippen LogP contribution in [0.1, 0.15) is 44.1 Å². The van der Waals surface area contributed by atoms with Crippen LogP contribution in [0, 0.1) is 17.5 Å². The van der Waals surface area contributed by atoms with Crippen LogP contribution >= 0.6 is 11.3 Å². The molecule has 1 N–H and O–H groups in total. The number of urea groups is 1. The van der Waals surface area contributed by atoms with E-state index < -0.39 is 29.2 Å². The molecule has 0 saturated heterocycles. The first-order valence-corrected chi connectivity index (χ1v) is 11.7. The zero-order valence-electron chi connectivity index (χ0n) is 17.6. The first-order valence-electron chi connectivity index (χ1n) is 10.9. The Morgan fingerprint density at radius 3 is 2.22 bits per heavy atom. The highest BCUT2D eigenvalue weighted by Gasteiger charge is 2.26. The molecule has 1 aromatic heterocycles. The van der Waals surface area contributed by atoms with Crippen LogP contribution in [0.15, 0.2) is 53.9 Å². The van der Waals surface area contributed by atoms with Gasteiger partial charge in [0.1, 0.15) is 11.5 Å². The number of halogens is 3. The molecule has 1 aliphatic rings. The Balaban J connectivity index is 1.56. The molecule has 0 spiro atoms. The van der Waals surface area contributed by atoms with E-state index in [1.807, 2.05) is 35.7 Å². The van der Waals surface area contributed by atoms with Gasteiger partial charge in [-0.15, -0.1) is 11.3 Å². The molecule has 0 atom stereocenters. The quantitative estimate of drug-likeness (QED) is 0.393. The average Bonchev–Trinajstić information content (AvgIpc) is 3.18. The number of nitrogens with one attached hydrogen (secondary N) is 1. The molecule has 0 bridgehead atoms. The maximum Gasteiger partial charge on any atom is 0.322 e. The normalized spacial score (nSPS) is 14.7.